The maximum atomic E-state index is 5.51. The molecule has 0 fully saturated rings. The third kappa shape index (κ3) is 2.84. The van der Waals surface area contributed by atoms with Crippen LogP contribution in [0, 0.1) is 0 Å². The molecule has 96 valence electrons. The average Bonchev–Trinajstić information content (AvgIpc) is 2.87. The Bertz CT molecular complexity index is 484. The molecule has 2 unspecified atom stereocenters. The Morgan fingerprint density at radius 1 is 1.22 bits per heavy atom. The lowest BCUT2D eigenvalue weighted by atomic mass is 10.1. The minimum Gasteiger partial charge on any atom is -0.406 e. The second-order valence-electron chi connectivity index (χ2n) is 4.11. The van der Waals surface area contributed by atoms with E-state index in [0.29, 0.717) is 11.9 Å². The smallest absolute Gasteiger partial charge is 0.316 e. The van der Waals surface area contributed by atoms with Gasteiger partial charge < -0.3 is 15.1 Å². The van der Waals surface area contributed by atoms with Crippen LogP contribution in [0.25, 0.3) is 0 Å². The monoisotopic (exact) mass is 247 g/mol. The molecule has 0 aliphatic carbocycles. The molecule has 2 rings (SSSR count). The number of hydrogen-bond donors (Lipinski definition) is 2. The predicted octanol–water partition coefficient (Wildman–Crippen LogP) is 1.92. The van der Waals surface area contributed by atoms with Gasteiger partial charge in [0.25, 0.3) is 0 Å². The van der Waals surface area contributed by atoms with Gasteiger partial charge in [-0.1, -0.05) is 11.2 Å². The first-order chi connectivity index (χ1) is 8.70. The van der Waals surface area contributed by atoms with Gasteiger partial charge in [0.2, 0.25) is 5.89 Å². The van der Waals surface area contributed by atoms with Crippen LogP contribution >= 0.6 is 0 Å². The lowest BCUT2D eigenvalue weighted by molar-refractivity contribution is 0.439. The lowest BCUT2D eigenvalue weighted by Gasteiger charge is -2.11. The molecule has 0 saturated heterocycles. The van der Waals surface area contributed by atoms with E-state index >= 15 is 0 Å². The zero-order valence-corrected chi connectivity index (χ0v) is 10.7. The van der Waals surface area contributed by atoms with Crippen molar-refractivity contribution in [3.8, 4) is 0 Å². The Morgan fingerprint density at radius 2 is 2.06 bits per heavy atom. The van der Waals surface area contributed by atoms with Crippen LogP contribution in [0.2, 0.25) is 0 Å². The Labute approximate surface area is 106 Å². The summed E-state index contributed by atoms with van der Waals surface area (Å²) in [5.41, 5.74) is 1.07. The molecule has 0 aromatic carbocycles. The molecule has 2 atom stereocenters. The molecule has 0 aliphatic heterocycles. The molecule has 0 saturated carbocycles. The zero-order chi connectivity index (χ0) is 13.0. The van der Waals surface area contributed by atoms with Crippen molar-refractivity contribution in [1.29, 1.82) is 0 Å². The quantitative estimate of drug-likeness (QED) is 0.840. The summed E-state index contributed by atoms with van der Waals surface area (Å²) in [5, 5.41) is 14.1. The second-order valence-corrected chi connectivity index (χ2v) is 4.11. The van der Waals surface area contributed by atoms with Crippen molar-refractivity contribution in [2.75, 3.05) is 12.4 Å². The highest BCUT2D eigenvalue weighted by molar-refractivity contribution is 5.26. The summed E-state index contributed by atoms with van der Waals surface area (Å²) in [6.45, 7) is 3.98. The molecule has 2 N–H and O–H groups in total. The van der Waals surface area contributed by atoms with Crippen LogP contribution in [-0.4, -0.2) is 22.2 Å². The van der Waals surface area contributed by atoms with E-state index in [9.17, 15) is 0 Å². The number of aromatic nitrogens is 3. The highest BCUT2D eigenvalue weighted by atomic mass is 16.4. The summed E-state index contributed by atoms with van der Waals surface area (Å²) in [7, 11) is 1.85. The number of nitrogens with zero attached hydrogens (tertiary/aromatic N) is 3. The first-order valence-corrected chi connectivity index (χ1v) is 5.88. The van der Waals surface area contributed by atoms with Crippen LogP contribution in [0.3, 0.4) is 0 Å². The fourth-order valence-electron chi connectivity index (χ4n) is 1.49. The zero-order valence-electron chi connectivity index (χ0n) is 10.7. The topological polar surface area (TPSA) is 75.9 Å². The van der Waals surface area contributed by atoms with Gasteiger partial charge >= 0.3 is 6.01 Å². The van der Waals surface area contributed by atoms with Gasteiger partial charge in [0.15, 0.2) is 0 Å². The molecule has 6 nitrogen and oxygen atoms in total. The van der Waals surface area contributed by atoms with E-state index in [1.54, 1.807) is 6.20 Å². The van der Waals surface area contributed by atoms with Gasteiger partial charge in [-0.05, 0) is 32.5 Å². The van der Waals surface area contributed by atoms with Crippen LogP contribution in [0.5, 0.6) is 0 Å². The van der Waals surface area contributed by atoms with Crippen molar-refractivity contribution >= 4 is 6.01 Å². The molecule has 0 radical (unpaired) electrons. The van der Waals surface area contributed by atoms with Crippen LogP contribution in [0.1, 0.15) is 37.4 Å². The molecule has 2 heterocycles. The highest BCUT2D eigenvalue weighted by Crippen LogP contribution is 2.19. The summed E-state index contributed by atoms with van der Waals surface area (Å²) in [6.07, 6.45) is 3.56. The van der Waals surface area contributed by atoms with Gasteiger partial charge in [-0.15, -0.1) is 5.10 Å². The third-order valence-corrected chi connectivity index (χ3v) is 2.77. The van der Waals surface area contributed by atoms with E-state index in [4.69, 9.17) is 4.42 Å². The van der Waals surface area contributed by atoms with E-state index < -0.39 is 0 Å². The Kier molecular flexibility index (Phi) is 3.88. The molecule has 0 amide bonds. The lowest BCUT2D eigenvalue weighted by Crippen LogP contribution is -2.12. The molecule has 0 bridgehead atoms. The van der Waals surface area contributed by atoms with Crippen molar-refractivity contribution in [3.63, 3.8) is 0 Å². The van der Waals surface area contributed by atoms with Gasteiger partial charge in [0, 0.05) is 12.4 Å². The summed E-state index contributed by atoms with van der Waals surface area (Å²) >= 11 is 0. The summed E-state index contributed by atoms with van der Waals surface area (Å²) < 4.78 is 5.51. The number of anilines is 1. The van der Waals surface area contributed by atoms with Gasteiger partial charge in [0.05, 0.1) is 12.1 Å². The van der Waals surface area contributed by atoms with Crippen LogP contribution < -0.4 is 10.6 Å². The standard InChI is InChI=1S/C12H17N5O/c1-8(10-5-4-6-14-7-10)15-12-17-16-11(18-12)9(2)13-3/h4-9,13H,1-3H3,(H,15,17). The summed E-state index contributed by atoms with van der Waals surface area (Å²) in [6, 6.07) is 4.43. The fourth-order valence-corrected chi connectivity index (χ4v) is 1.49. The molecule has 2 aromatic heterocycles. The molecule has 0 aliphatic rings. The van der Waals surface area contributed by atoms with Crippen molar-refractivity contribution in [3.05, 3.63) is 36.0 Å². The number of pyridine rings is 1. The molecule has 0 spiro atoms. The first kappa shape index (κ1) is 12.5. The SMILES string of the molecule is CNC(C)c1nnc(NC(C)c2cccnc2)o1. The summed E-state index contributed by atoms with van der Waals surface area (Å²) in [5.74, 6) is 0.568. The predicted molar refractivity (Wildman–Crippen MR) is 68.0 cm³/mol. The number of nitrogens with one attached hydrogen (secondary N) is 2. The van der Waals surface area contributed by atoms with E-state index in [2.05, 4.69) is 25.8 Å². The average molecular weight is 247 g/mol. The van der Waals surface area contributed by atoms with Crippen molar-refractivity contribution in [1.82, 2.24) is 20.5 Å². The Hall–Kier alpha value is -1.95. The summed E-state index contributed by atoms with van der Waals surface area (Å²) in [4.78, 5) is 4.08. The van der Waals surface area contributed by atoms with Crippen LogP contribution in [-0.2, 0) is 0 Å². The van der Waals surface area contributed by atoms with Gasteiger partial charge in [0.1, 0.15) is 0 Å². The highest BCUT2D eigenvalue weighted by Gasteiger charge is 2.14. The molecule has 2 aromatic rings. The fraction of sp³-hybridized carbons (Fsp3) is 0.417. The van der Waals surface area contributed by atoms with E-state index in [0.717, 1.165) is 5.56 Å². The minimum absolute atomic E-state index is 0.0433. The molecule has 6 heteroatoms. The van der Waals surface area contributed by atoms with Crippen molar-refractivity contribution in [2.24, 2.45) is 0 Å². The number of rotatable bonds is 5. The van der Waals surface area contributed by atoms with Crippen molar-refractivity contribution < 1.29 is 4.42 Å². The Balaban J connectivity index is 2.03. The second kappa shape index (κ2) is 5.59. The van der Waals surface area contributed by atoms with Gasteiger partial charge in [-0.25, -0.2) is 0 Å². The maximum absolute atomic E-state index is 5.51. The van der Waals surface area contributed by atoms with E-state index in [1.165, 1.54) is 0 Å². The van der Waals surface area contributed by atoms with Gasteiger partial charge in [-0.3, -0.25) is 4.98 Å². The molecular weight excluding hydrogens is 230 g/mol. The molecular formula is C12H17N5O. The van der Waals surface area contributed by atoms with E-state index in [-0.39, 0.29) is 12.1 Å². The van der Waals surface area contributed by atoms with Crippen LogP contribution in [0.4, 0.5) is 6.01 Å². The first-order valence-electron chi connectivity index (χ1n) is 5.88. The Morgan fingerprint density at radius 3 is 2.72 bits per heavy atom. The number of hydrogen-bond acceptors (Lipinski definition) is 6. The van der Waals surface area contributed by atoms with Crippen molar-refractivity contribution in [2.45, 2.75) is 25.9 Å². The van der Waals surface area contributed by atoms with Gasteiger partial charge in [-0.2, -0.15) is 0 Å². The maximum Gasteiger partial charge on any atom is 0.316 e. The molecule has 18 heavy (non-hydrogen) atoms. The minimum atomic E-state index is 0.0433. The largest absolute Gasteiger partial charge is 0.406 e. The normalized spacial score (nSPS) is 14.2. The van der Waals surface area contributed by atoms with Crippen LogP contribution in [0.15, 0.2) is 28.9 Å². The third-order valence-electron chi connectivity index (χ3n) is 2.77. The van der Waals surface area contributed by atoms with E-state index in [1.807, 2.05) is 39.2 Å².